The van der Waals surface area contributed by atoms with Crippen LogP contribution in [0.5, 0.6) is 0 Å². The van der Waals surface area contributed by atoms with Crippen LogP contribution >= 0.6 is 11.3 Å². The fraction of sp³-hybridized carbons (Fsp3) is 0.615. The van der Waals surface area contributed by atoms with Gasteiger partial charge in [-0.25, -0.2) is 0 Å². The van der Waals surface area contributed by atoms with Crippen LogP contribution in [-0.2, 0) is 9.53 Å². The second-order valence-corrected chi connectivity index (χ2v) is 5.34. The zero-order chi connectivity index (χ0) is 12.7. The van der Waals surface area contributed by atoms with Gasteiger partial charge in [0.25, 0.3) is 0 Å². The highest BCUT2D eigenvalue weighted by atomic mass is 32.1. The quantitative estimate of drug-likeness (QED) is 0.601. The molecule has 0 saturated carbocycles. The molecule has 4 heteroatoms. The third-order valence-electron chi connectivity index (χ3n) is 2.36. The van der Waals surface area contributed by atoms with Crippen LogP contribution in [0, 0.1) is 0 Å². The van der Waals surface area contributed by atoms with Crippen molar-refractivity contribution in [1.29, 1.82) is 0 Å². The molecule has 1 heterocycles. The lowest BCUT2D eigenvalue weighted by Gasteiger charge is -2.16. The molecule has 0 amide bonds. The van der Waals surface area contributed by atoms with Crippen molar-refractivity contribution in [2.45, 2.75) is 45.8 Å². The van der Waals surface area contributed by atoms with E-state index >= 15 is 0 Å². The molecule has 17 heavy (non-hydrogen) atoms. The largest absolute Gasteiger partial charge is 0.457 e. The van der Waals surface area contributed by atoms with Gasteiger partial charge in [-0.05, 0) is 30.8 Å². The van der Waals surface area contributed by atoms with Gasteiger partial charge < -0.3 is 10.1 Å². The molecule has 0 aromatic carbocycles. The molecule has 0 aliphatic rings. The zero-order valence-corrected chi connectivity index (χ0v) is 11.5. The van der Waals surface area contributed by atoms with Crippen molar-refractivity contribution in [3.63, 3.8) is 0 Å². The minimum absolute atomic E-state index is 0.0820. The topological polar surface area (TPSA) is 38.3 Å². The van der Waals surface area contributed by atoms with Crippen molar-refractivity contribution in [2.24, 2.45) is 0 Å². The maximum Gasteiger partial charge on any atom is 0.303 e. The number of rotatable bonds is 7. The summed E-state index contributed by atoms with van der Waals surface area (Å²) in [6.45, 7) is 6.68. The molecule has 0 radical (unpaired) electrons. The first-order chi connectivity index (χ1) is 8.09. The molecule has 3 nitrogen and oxygen atoms in total. The van der Waals surface area contributed by atoms with Gasteiger partial charge in [-0.3, -0.25) is 4.79 Å². The van der Waals surface area contributed by atoms with E-state index in [1.807, 2.05) is 17.5 Å². The highest BCUT2D eigenvalue weighted by Gasteiger charge is 2.15. The number of hydrogen-bond donors (Lipinski definition) is 1. The predicted molar refractivity (Wildman–Crippen MR) is 71.2 cm³/mol. The number of ether oxygens (including phenoxy) is 1. The van der Waals surface area contributed by atoms with Crippen molar-refractivity contribution in [3.8, 4) is 0 Å². The molecular weight excluding hydrogens is 234 g/mol. The van der Waals surface area contributed by atoms with Crippen molar-refractivity contribution in [2.75, 3.05) is 6.54 Å². The van der Waals surface area contributed by atoms with Crippen LogP contribution in [0.25, 0.3) is 0 Å². The Bertz CT molecular complexity index is 322. The van der Waals surface area contributed by atoms with Gasteiger partial charge in [0.1, 0.15) is 6.10 Å². The fourth-order valence-electron chi connectivity index (χ4n) is 1.61. The van der Waals surface area contributed by atoms with Crippen LogP contribution in [-0.4, -0.2) is 18.6 Å². The van der Waals surface area contributed by atoms with Crippen molar-refractivity contribution in [3.05, 3.63) is 22.4 Å². The Kier molecular flexibility index (Phi) is 6.22. The maximum absolute atomic E-state index is 11.1. The molecule has 0 saturated heterocycles. The molecule has 0 aliphatic heterocycles. The van der Waals surface area contributed by atoms with E-state index in [-0.39, 0.29) is 12.1 Å². The van der Waals surface area contributed by atoms with E-state index in [0.717, 1.165) is 24.3 Å². The molecule has 1 N–H and O–H groups in total. The van der Waals surface area contributed by atoms with E-state index in [2.05, 4.69) is 19.2 Å². The Labute approximate surface area is 107 Å². The van der Waals surface area contributed by atoms with Gasteiger partial charge in [0.05, 0.1) is 0 Å². The summed E-state index contributed by atoms with van der Waals surface area (Å²) in [4.78, 5) is 12.2. The van der Waals surface area contributed by atoms with Crippen molar-refractivity contribution >= 4 is 17.3 Å². The van der Waals surface area contributed by atoms with Gasteiger partial charge in [0, 0.05) is 17.8 Å². The van der Waals surface area contributed by atoms with Gasteiger partial charge in [-0.15, -0.1) is 11.3 Å². The summed E-state index contributed by atoms with van der Waals surface area (Å²) in [7, 11) is 0. The summed E-state index contributed by atoms with van der Waals surface area (Å²) in [5.74, 6) is -0.208. The summed E-state index contributed by atoms with van der Waals surface area (Å²) < 4.78 is 5.35. The van der Waals surface area contributed by atoms with Crippen LogP contribution < -0.4 is 5.32 Å². The normalized spacial score (nSPS) is 12.7. The molecule has 0 fully saturated rings. The molecule has 1 rings (SSSR count). The molecule has 0 aliphatic carbocycles. The Morgan fingerprint density at radius 1 is 1.53 bits per heavy atom. The Morgan fingerprint density at radius 3 is 2.82 bits per heavy atom. The molecule has 1 atom stereocenters. The number of thiophene rings is 1. The minimum atomic E-state index is -0.208. The number of hydrogen-bond acceptors (Lipinski definition) is 4. The minimum Gasteiger partial charge on any atom is -0.457 e. The summed E-state index contributed by atoms with van der Waals surface area (Å²) in [5.41, 5.74) is 0. The van der Waals surface area contributed by atoms with E-state index < -0.39 is 0 Å². The summed E-state index contributed by atoms with van der Waals surface area (Å²) in [5, 5.41) is 5.37. The smallest absolute Gasteiger partial charge is 0.303 e. The Balaban J connectivity index is 2.39. The highest BCUT2D eigenvalue weighted by molar-refractivity contribution is 7.10. The van der Waals surface area contributed by atoms with E-state index in [4.69, 9.17) is 4.74 Å². The lowest BCUT2D eigenvalue weighted by atomic mass is 10.1. The standard InChI is InChI=1S/C13H21NO2S/c1-10(2)14-8-4-6-12(16-11(3)15)13-7-5-9-17-13/h5,7,9-10,12,14H,4,6,8H2,1-3H3. The first kappa shape index (κ1) is 14.2. The second kappa shape index (κ2) is 7.45. The monoisotopic (exact) mass is 255 g/mol. The molecule has 0 spiro atoms. The summed E-state index contributed by atoms with van der Waals surface area (Å²) in [6.07, 6.45) is 1.80. The molecule has 1 aromatic rings. The van der Waals surface area contributed by atoms with E-state index in [9.17, 15) is 4.79 Å². The lowest BCUT2D eigenvalue weighted by Crippen LogP contribution is -2.24. The third-order valence-corrected chi connectivity index (χ3v) is 3.33. The average molecular weight is 255 g/mol. The third kappa shape index (κ3) is 5.84. The van der Waals surface area contributed by atoms with Gasteiger partial charge in [0.2, 0.25) is 0 Å². The predicted octanol–water partition coefficient (Wildman–Crippen LogP) is 3.13. The van der Waals surface area contributed by atoms with Crippen LogP contribution in [0.2, 0.25) is 0 Å². The number of nitrogens with one attached hydrogen (secondary N) is 1. The van der Waals surface area contributed by atoms with Gasteiger partial charge in [-0.2, -0.15) is 0 Å². The van der Waals surface area contributed by atoms with Gasteiger partial charge >= 0.3 is 5.97 Å². The Morgan fingerprint density at radius 2 is 2.29 bits per heavy atom. The first-order valence-electron chi connectivity index (χ1n) is 6.03. The van der Waals surface area contributed by atoms with E-state index in [0.29, 0.717) is 6.04 Å². The molecule has 1 aromatic heterocycles. The Hall–Kier alpha value is -0.870. The first-order valence-corrected chi connectivity index (χ1v) is 6.91. The van der Waals surface area contributed by atoms with E-state index in [1.165, 1.54) is 6.92 Å². The highest BCUT2D eigenvalue weighted by Crippen LogP contribution is 2.26. The van der Waals surface area contributed by atoms with Gasteiger partial charge in [-0.1, -0.05) is 19.9 Å². The molecule has 96 valence electrons. The summed E-state index contributed by atoms with van der Waals surface area (Å²) >= 11 is 1.64. The molecular formula is C13H21NO2S. The van der Waals surface area contributed by atoms with Crippen molar-refractivity contribution < 1.29 is 9.53 Å². The van der Waals surface area contributed by atoms with Gasteiger partial charge in [0.15, 0.2) is 0 Å². The van der Waals surface area contributed by atoms with Crippen LogP contribution in [0.1, 0.15) is 44.6 Å². The van der Waals surface area contributed by atoms with Crippen LogP contribution in [0.15, 0.2) is 17.5 Å². The number of esters is 1. The van der Waals surface area contributed by atoms with Crippen LogP contribution in [0.3, 0.4) is 0 Å². The summed E-state index contributed by atoms with van der Waals surface area (Å²) in [6, 6.07) is 4.51. The van der Waals surface area contributed by atoms with Crippen LogP contribution in [0.4, 0.5) is 0 Å². The maximum atomic E-state index is 11.1. The molecule has 1 unspecified atom stereocenters. The SMILES string of the molecule is CC(=O)OC(CCCNC(C)C)c1cccs1. The number of carbonyl (C=O) groups is 1. The zero-order valence-electron chi connectivity index (χ0n) is 10.7. The molecule has 0 bridgehead atoms. The van der Waals surface area contributed by atoms with Crippen molar-refractivity contribution in [1.82, 2.24) is 5.32 Å². The van der Waals surface area contributed by atoms with E-state index in [1.54, 1.807) is 11.3 Å². The fourth-order valence-corrected chi connectivity index (χ4v) is 2.40. The average Bonchev–Trinajstić information content (AvgIpc) is 2.74. The number of carbonyl (C=O) groups excluding carboxylic acids is 1. The lowest BCUT2D eigenvalue weighted by molar-refractivity contribution is -0.146. The second-order valence-electron chi connectivity index (χ2n) is 4.36.